The molecule has 1 aliphatic heterocycles. The number of halogens is 8. The summed E-state index contributed by atoms with van der Waals surface area (Å²) in [6.07, 6.45) is 0.518. The van der Waals surface area contributed by atoms with Crippen LogP contribution in [0.1, 0.15) is 10.4 Å². The highest BCUT2D eigenvalue weighted by atomic mass is 79.9. The van der Waals surface area contributed by atoms with Crippen LogP contribution in [0.5, 0.6) is 5.75 Å². The Balaban J connectivity index is 2.41. The largest absolute Gasteiger partial charge is 0.505 e. The van der Waals surface area contributed by atoms with Crippen molar-refractivity contribution in [3.05, 3.63) is 65.9 Å². The second-order valence-corrected chi connectivity index (χ2v) is 11.2. The van der Waals surface area contributed by atoms with E-state index in [0.29, 0.717) is 27.3 Å². The van der Waals surface area contributed by atoms with Gasteiger partial charge in [-0.3, -0.25) is 9.59 Å². The Morgan fingerprint density at radius 3 is 2.09 bits per heavy atom. The Bertz CT molecular complexity index is 1520. The zero-order chi connectivity index (χ0) is 23.6. The molecule has 0 amide bonds. The first-order valence-electron chi connectivity index (χ1n) is 8.28. The van der Waals surface area contributed by atoms with E-state index in [9.17, 15) is 14.7 Å². The second kappa shape index (κ2) is 9.04. The lowest BCUT2D eigenvalue weighted by molar-refractivity contribution is 0.112. The fourth-order valence-corrected chi connectivity index (χ4v) is 6.68. The topological polar surface area (TPSA) is 67.5 Å². The van der Waals surface area contributed by atoms with Crippen LogP contribution in [0.2, 0.25) is 20.1 Å². The molecule has 2 aliphatic rings. The molecule has 0 spiro atoms. The Morgan fingerprint density at radius 2 is 1.47 bits per heavy atom. The van der Waals surface area contributed by atoms with Crippen LogP contribution >= 0.6 is 110 Å². The summed E-state index contributed by atoms with van der Waals surface area (Å²) in [7, 11) is 0. The third-order valence-corrected chi connectivity index (χ3v) is 9.16. The van der Waals surface area contributed by atoms with E-state index >= 15 is 0 Å². The van der Waals surface area contributed by atoms with Gasteiger partial charge in [0.05, 0.1) is 29.0 Å². The third kappa shape index (κ3) is 3.66. The van der Waals surface area contributed by atoms with Gasteiger partial charge in [0, 0.05) is 27.6 Å². The fourth-order valence-electron chi connectivity index (χ4n) is 3.27. The zero-order valence-corrected chi connectivity index (χ0v) is 24.3. The molecule has 1 heterocycles. The first kappa shape index (κ1) is 24.8. The van der Waals surface area contributed by atoms with Gasteiger partial charge in [-0.1, -0.05) is 46.4 Å². The van der Waals surface area contributed by atoms with E-state index in [1.54, 1.807) is 6.07 Å². The molecule has 0 aromatic heterocycles. The number of phenolic OH excluding ortho intramolecular Hbond substituents is 1. The molecule has 0 saturated heterocycles. The van der Waals surface area contributed by atoms with Gasteiger partial charge in [-0.05, 0) is 75.9 Å². The van der Waals surface area contributed by atoms with Gasteiger partial charge in [0.25, 0.3) is 0 Å². The lowest BCUT2D eigenvalue weighted by atomic mass is 9.91. The van der Waals surface area contributed by atoms with Crippen molar-refractivity contribution in [3.63, 3.8) is 0 Å². The molecule has 0 saturated carbocycles. The van der Waals surface area contributed by atoms with E-state index in [-0.39, 0.29) is 67.2 Å². The number of carbonyl (C=O) groups excluding carboxylic acids is 1. The summed E-state index contributed by atoms with van der Waals surface area (Å²) in [6, 6.07) is 3.12. The molecule has 12 heteroatoms. The highest BCUT2D eigenvalue weighted by Crippen LogP contribution is 2.53. The van der Waals surface area contributed by atoms with E-state index in [2.05, 4.69) is 63.7 Å². The quantitative estimate of drug-likeness (QED) is 0.0955. The van der Waals surface area contributed by atoms with Crippen molar-refractivity contribution in [2.75, 3.05) is 0 Å². The van der Waals surface area contributed by atoms with Crippen molar-refractivity contribution in [1.29, 1.82) is 0 Å². The maximum absolute atomic E-state index is 12.6. The Kier molecular flexibility index (Phi) is 7.00. The van der Waals surface area contributed by atoms with E-state index < -0.39 is 0 Å². The van der Waals surface area contributed by atoms with Gasteiger partial charge in [0.1, 0.15) is 14.7 Å². The number of aromatic hydroxyl groups is 1. The first-order chi connectivity index (χ1) is 15.0. The highest BCUT2D eigenvalue weighted by molar-refractivity contribution is 9.11. The number of carbonyl (C=O) groups is 1. The number of fused-ring (bicyclic) bond motifs is 2. The van der Waals surface area contributed by atoms with Crippen molar-refractivity contribution in [1.82, 2.24) is 0 Å². The van der Waals surface area contributed by atoms with E-state index in [0.717, 1.165) is 0 Å². The monoisotopic (exact) mass is 764 g/mol. The van der Waals surface area contributed by atoms with Crippen LogP contribution in [-0.4, -0.2) is 11.4 Å². The summed E-state index contributed by atoms with van der Waals surface area (Å²) in [5.41, 5.74) is 0.812. The third-order valence-electron chi connectivity index (χ3n) is 4.69. The SMILES string of the molecule is O=Cc1c(Cl)c(Cl)c(Cl)c(Cl)c1-c1c2cc(Br)c(=O)c(Br)c-2oc2c(Br)c(O)c(Br)cc12. The summed E-state index contributed by atoms with van der Waals surface area (Å²) in [5, 5.41) is 10.6. The van der Waals surface area contributed by atoms with Crippen molar-refractivity contribution in [2.24, 2.45) is 0 Å². The number of benzene rings is 3. The molecular weight excluding hydrogens is 766 g/mol. The molecule has 1 N–H and O–H groups in total. The number of hydrogen-bond donors (Lipinski definition) is 1. The van der Waals surface area contributed by atoms with Gasteiger partial charge in [-0.15, -0.1) is 0 Å². The first-order valence-corrected chi connectivity index (χ1v) is 13.0. The molecule has 2 aromatic carbocycles. The van der Waals surface area contributed by atoms with Gasteiger partial charge in [-0.25, -0.2) is 0 Å². The average Bonchev–Trinajstić information content (AvgIpc) is 2.76. The van der Waals surface area contributed by atoms with Crippen molar-refractivity contribution in [3.8, 4) is 28.2 Å². The molecule has 0 radical (unpaired) electrons. The molecule has 1 aliphatic carbocycles. The van der Waals surface area contributed by atoms with Gasteiger partial charge >= 0.3 is 0 Å². The van der Waals surface area contributed by atoms with Gasteiger partial charge in [0.15, 0.2) is 17.6 Å². The van der Waals surface area contributed by atoms with Gasteiger partial charge < -0.3 is 9.52 Å². The van der Waals surface area contributed by atoms with E-state index in [4.69, 9.17) is 50.8 Å². The number of hydrogen-bond acceptors (Lipinski definition) is 4. The fraction of sp³-hybridized carbons (Fsp3) is 0. The minimum atomic E-state index is -0.363. The predicted octanol–water partition coefficient (Wildman–Crippen LogP) is 9.75. The predicted molar refractivity (Wildman–Crippen MR) is 142 cm³/mol. The normalized spacial score (nSPS) is 11.5. The van der Waals surface area contributed by atoms with Crippen LogP contribution < -0.4 is 5.43 Å². The van der Waals surface area contributed by atoms with Crippen LogP contribution in [0.15, 0.2) is 39.2 Å². The molecular formula is C20H4Br4Cl4O4. The van der Waals surface area contributed by atoms with Gasteiger partial charge in [-0.2, -0.15) is 0 Å². The lowest BCUT2D eigenvalue weighted by Gasteiger charge is -2.21. The molecule has 32 heavy (non-hydrogen) atoms. The summed E-state index contributed by atoms with van der Waals surface area (Å²) >= 11 is 38.6. The zero-order valence-electron chi connectivity index (χ0n) is 14.9. The molecule has 0 atom stereocenters. The van der Waals surface area contributed by atoms with E-state index in [1.165, 1.54) is 6.07 Å². The lowest BCUT2D eigenvalue weighted by Crippen LogP contribution is -2.07. The summed E-state index contributed by atoms with van der Waals surface area (Å²) in [5.74, 6) is 0.0224. The molecule has 164 valence electrons. The molecule has 2 aromatic rings. The average molecular weight is 770 g/mol. The Morgan fingerprint density at radius 1 is 0.844 bits per heavy atom. The van der Waals surface area contributed by atoms with Crippen molar-refractivity contribution < 1.29 is 14.3 Å². The van der Waals surface area contributed by atoms with Crippen molar-refractivity contribution in [2.45, 2.75) is 0 Å². The van der Waals surface area contributed by atoms with E-state index in [1.807, 2.05) is 0 Å². The molecule has 4 nitrogen and oxygen atoms in total. The molecule has 0 bridgehead atoms. The smallest absolute Gasteiger partial charge is 0.210 e. The summed E-state index contributed by atoms with van der Waals surface area (Å²) in [6.45, 7) is 0. The van der Waals surface area contributed by atoms with Crippen LogP contribution in [0.25, 0.3) is 33.4 Å². The van der Waals surface area contributed by atoms with Crippen molar-refractivity contribution >= 4 is 127 Å². The van der Waals surface area contributed by atoms with Crippen LogP contribution in [0.3, 0.4) is 0 Å². The number of aldehydes is 1. The standard InChI is InChI=1S/C20H4Br4Cl4O4/c21-7-1-4-9(10-6(3-29)13(25)15(27)16(28)14(10)26)5-2-8(22)18(31)12(24)20(5)32-19(4)11(23)17(7)30/h1-3,30H. The Labute approximate surface area is 233 Å². The van der Waals surface area contributed by atoms with Crippen LogP contribution in [0, 0.1) is 0 Å². The molecule has 0 fully saturated rings. The molecule has 4 rings (SSSR count). The Hall–Kier alpha value is -0.320. The summed E-state index contributed by atoms with van der Waals surface area (Å²) < 4.78 is 6.92. The second-order valence-electron chi connectivity index (χ2n) is 6.42. The minimum absolute atomic E-state index is 0.00127. The number of rotatable bonds is 2. The summed E-state index contributed by atoms with van der Waals surface area (Å²) in [4.78, 5) is 24.6. The van der Waals surface area contributed by atoms with Crippen LogP contribution in [0.4, 0.5) is 0 Å². The minimum Gasteiger partial charge on any atom is -0.505 e. The maximum atomic E-state index is 12.6. The number of phenols is 1. The molecule has 0 unspecified atom stereocenters. The maximum Gasteiger partial charge on any atom is 0.210 e. The van der Waals surface area contributed by atoms with Gasteiger partial charge in [0.2, 0.25) is 5.43 Å². The highest BCUT2D eigenvalue weighted by Gasteiger charge is 2.30. The van der Waals surface area contributed by atoms with Crippen LogP contribution in [-0.2, 0) is 0 Å².